The third-order valence-corrected chi connectivity index (χ3v) is 5.10. The van der Waals surface area contributed by atoms with Gasteiger partial charge in [0, 0.05) is 6.42 Å². The summed E-state index contributed by atoms with van der Waals surface area (Å²) in [6, 6.07) is 3.38. The van der Waals surface area contributed by atoms with Crippen LogP contribution in [-0.4, -0.2) is 70.1 Å². The molecule has 0 bridgehead atoms. The maximum atomic E-state index is 12.9. The minimum absolute atomic E-state index is 0.0254. The molecule has 0 saturated carbocycles. The number of aliphatic hydroxyl groups excluding tert-OH is 1. The summed E-state index contributed by atoms with van der Waals surface area (Å²) in [7, 11) is 0. The Balaban J connectivity index is 3.02. The van der Waals surface area contributed by atoms with Crippen LogP contribution in [0.15, 0.2) is 30.3 Å². The molecule has 0 aromatic heterocycles. The molecule has 12 nitrogen and oxygen atoms in total. The molecule has 4 amide bonds. The normalized spacial score (nSPS) is 15.3. The molecule has 1 aromatic rings. The lowest BCUT2D eigenvalue weighted by Crippen LogP contribution is -2.59. The Hall–Kier alpha value is -3.51. The van der Waals surface area contributed by atoms with Crippen LogP contribution in [0, 0.1) is 5.92 Å². The van der Waals surface area contributed by atoms with Crippen molar-refractivity contribution in [3.63, 3.8) is 0 Å². The van der Waals surface area contributed by atoms with Gasteiger partial charge in [-0.2, -0.15) is 0 Å². The van der Waals surface area contributed by atoms with Gasteiger partial charge in [-0.25, -0.2) is 4.79 Å². The molecular formula is C23H35N5O7. The highest BCUT2D eigenvalue weighted by Gasteiger charge is 2.32. The number of carboxylic acid groups (broad SMARTS) is 1. The van der Waals surface area contributed by atoms with Crippen molar-refractivity contribution in [1.82, 2.24) is 16.0 Å². The van der Waals surface area contributed by atoms with Crippen LogP contribution in [0.4, 0.5) is 0 Å². The van der Waals surface area contributed by atoms with Crippen molar-refractivity contribution in [1.29, 1.82) is 0 Å². The minimum Gasteiger partial charge on any atom is -0.480 e. The van der Waals surface area contributed by atoms with E-state index in [1.807, 2.05) is 0 Å². The number of aliphatic hydroxyl groups is 1. The SMILES string of the molecule is CC(C)C[C@H](NC(=O)[C@@H](N)[C@@H](C)O)C(=O)N[C@@H](CC(N)=O)C(=O)N[C@@H](Cc1ccccc1)C(=O)O. The number of carbonyl (C=O) groups excluding carboxylic acids is 4. The van der Waals surface area contributed by atoms with Gasteiger partial charge in [-0.1, -0.05) is 44.2 Å². The van der Waals surface area contributed by atoms with Gasteiger partial charge in [0.05, 0.1) is 12.5 Å². The first-order chi connectivity index (χ1) is 16.3. The third-order valence-electron chi connectivity index (χ3n) is 5.10. The van der Waals surface area contributed by atoms with E-state index in [2.05, 4.69) is 16.0 Å². The zero-order valence-electron chi connectivity index (χ0n) is 20.1. The summed E-state index contributed by atoms with van der Waals surface area (Å²) in [5.74, 6) is -4.74. The van der Waals surface area contributed by atoms with Crippen molar-refractivity contribution in [2.45, 2.75) is 70.3 Å². The van der Waals surface area contributed by atoms with E-state index >= 15 is 0 Å². The summed E-state index contributed by atoms with van der Waals surface area (Å²) in [5.41, 5.74) is 11.5. The van der Waals surface area contributed by atoms with E-state index in [9.17, 15) is 34.2 Å². The van der Waals surface area contributed by atoms with Crippen molar-refractivity contribution in [2.24, 2.45) is 17.4 Å². The number of hydrogen-bond donors (Lipinski definition) is 7. The maximum absolute atomic E-state index is 12.9. The fourth-order valence-corrected chi connectivity index (χ4v) is 3.19. The first-order valence-electron chi connectivity index (χ1n) is 11.2. The van der Waals surface area contributed by atoms with E-state index < -0.39 is 66.3 Å². The van der Waals surface area contributed by atoms with Crippen molar-refractivity contribution >= 4 is 29.6 Å². The van der Waals surface area contributed by atoms with Gasteiger partial charge >= 0.3 is 5.97 Å². The fourth-order valence-electron chi connectivity index (χ4n) is 3.19. The summed E-state index contributed by atoms with van der Waals surface area (Å²) < 4.78 is 0. The molecule has 1 rings (SSSR count). The van der Waals surface area contributed by atoms with Crippen LogP contribution in [0.5, 0.6) is 0 Å². The number of carboxylic acids is 1. The Kier molecular flexibility index (Phi) is 11.8. The van der Waals surface area contributed by atoms with Crippen LogP contribution in [0.3, 0.4) is 0 Å². The molecular weight excluding hydrogens is 458 g/mol. The molecule has 0 unspecified atom stereocenters. The largest absolute Gasteiger partial charge is 0.480 e. The Morgan fingerprint density at radius 3 is 1.86 bits per heavy atom. The van der Waals surface area contributed by atoms with Gasteiger partial charge in [-0.3, -0.25) is 19.2 Å². The number of rotatable bonds is 14. The molecule has 0 radical (unpaired) electrons. The fraction of sp³-hybridized carbons (Fsp3) is 0.522. The lowest BCUT2D eigenvalue weighted by molar-refractivity contribution is -0.142. The second-order valence-corrected chi connectivity index (χ2v) is 8.78. The second-order valence-electron chi connectivity index (χ2n) is 8.78. The van der Waals surface area contributed by atoms with Crippen molar-refractivity contribution < 1.29 is 34.2 Å². The van der Waals surface area contributed by atoms with E-state index in [0.29, 0.717) is 5.56 Å². The quantitative estimate of drug-likeness (QED) is 0.160. The first kappa shape index (κ1) is 29.5. The maximum Gasteiger partial charge on any atom is 0.326 e. The van der Waals surface area contributed by atoms with Crippen molar-refractivity contribution in [3.8, 4) is 0 Å². The van der Waals surface area contributed by atoms with Gasteiger partial charge < -0.3 is 37.6 Å². The number of amides is 4. The Labute approximate surface area is 203 Å². The van der Waals surface area contributed by atoms with E-state index in [-0.39, 0.29) is 18.8 Å². The number of aliphatic carboxylic acids is 1. The third kappa shape index (κ3) is 10.5. The number of nitrogens with two attached hydrogens (primary N) is 2. The lowest BCUT2D eigenvalue weighted by atomic mass is 10.0. The van der Waals surface area contributed by atoms with Crippen LogP contribution in [0.2, 0.25) is 0 Å². The van der Waals surface area contributed by atoms with Gasteiger partial charge in [-0.15, -0.1) is 0 Å². The van der Waals surface area contributed by atoms with E-state index in [1.165, 1.54) is 6.92 Å². The minimum atomic E-state index is -1.48. The van der Waals surface area contributed by atoms with Gasteiger partial charge in [0.15, 0.2) is 0 Å². The summed E-state index contributed by atoms with van der Waals surface area (Å²) >= 11 is 0. The lowest BCUT2D eigenvalue weighted by Gasteiger charge is -2.26. The number of nitrogens with one attached hydrogen (secondary N) is 3. The molecule has 0 aliphatic rings. The molecule has 12 heteroatoms. The zero-order valence-corrected chi connectivity index (χ0v) is 20.1. The molecule has 0 saturated heterocycles. The highest BCUT2D eigenvalue weighted by atomic mass is 16.4. The molecule has 0 aliphatic heterocycles. The summed E-state index contributed by atoms with van der Waals surface area (Å²) in [5, 5.41) is 26.2. The summed E-state index contributed by atoms with van der Waals surface area (Å²) in [4.78, 5) is 61.3. The summed E-state index contributed by atoms with van der Waals surface area (Å²) in [6.07, 6.45) is -1.61. The molecule has 0 heterocycles. The van der Waals surface area contributed by atoms with Crippen LogP contribution in [-0.2, 0) is 30.4 Å². The molecule has 194 valence electrons. The molecule has 9 N–H and O–H groups in total. The second kappa shape index (κ2) is 14.0. The van der Waals surface area contributed by atoms with Gasteiger partial charge in [0.1, 0.15) is 24.2 Å². The zero-order chi connectivity index (χ0) is 26.7. The number of carbonyl (C=O) groups is 5. The van der Waals surface area contributed by atoms with Crippen molar-refractivity contribution in [2.75, 3.05) is 0 Å². The van der Waals surface area contributed by atoms with Crippen LogP contribution < -0.4 is 27.4 Å². The van der Waals surface area contributed by atoms with Gasteiger partial charge in [-0.05, 0) is 24.8 Å². The molecule has 0 spiro atoms. The van der Waals surface area contributed by atoms with Crippen LogP contribution >= 0.6 is 0 Å². The first-order valence-corrected chi connectivity index (χ1v) is 11.2. The van der Waals surface area contributed by atoms with E-state index in [4.69, 9.17) is 11.5 Å². The Bertz CT molecular complexity index is 892. The van der Waals surface area contributed by atoms with Crippen LogP contribution in [0.1, 0.15) is 39.2 Å². The molecule has 1 aromatic carbocycles. The van der Waals surface area contributed by atoms with Gasteiger partial charge in [0.2, 0.25) is 23.6 Å². The Morgan fingerprint density at radius 1 is 0.857 bits per heavy atom. The average molecular weight is 494 g/mol. The predicted molar refractivity (Wildman–Crippen MR) is 126 cm³/mol. The number of benzene rings is 1. The molecule has 0 fully saturated rings. The highest BCUT2D eigenvalue weighted by Crippen LogP contribution is 2.08. The molecule has 0 aliphatic carbocycles. The standard InChI is InChI=1S/C23H35N5O7/c1-12(2)9-15(27-22(33)19(25)13(3)29)20(31)26-16(11-18(24)30)21(32)28-17(23(34)35)10-14-7-5-4-6-8-14/h4-8,12-13,15-17,19,29H,9-11,25H2,1-3H3,(H2,24,30)(H,26,31)(H,27,33)(H,28,32)(H,34,35)/t13-,15+,16+,17+,19+/m1/s1. The highest BCUT2D eigenvalue weighted by molar-refractivity contribution is 5.96. The topological polar surface area (TPSA) is 214 Å². The smallest absolute Gasteiger partial charge is 0.326 e. The van der Waals surface area contributed by atoms with Crippen molar-refractivity contribution in [3.05, 3.63) is 35.9 Å². The predicted octanol–water partition coefficient (Wildman–Crippen LogP) is -1.60. The van der Waals surface area contributed by atoms with E-state index in [1.54, 1.807) is 44.2 Å². The van der Waals surface area contributed by atoms with Gasteiger partial charge in [0.25, 0.3) is 0 Å². The monoisotopic (exact) mass is 493 g/mol. The molecule has 35 heavy (non-hydrogen) atoms. The Morgan fingerprint density at radius 2 is 1.37 bits per heavy atom. The summed E-state index contributed by atoms with van der Waals surface area (Å²) in [6.45, 7) is 4.93. The molecule has 5 atom stereocenters. The average Bonchev–Trinajstić information content (AvgIpc) is 2.76. The van der Waals surface area contributed by atoms with E-state index in [0.717, 1.165) is 0 Å². The number of hydrogen-bond acceptors (Lipinski definition) is 7. The van der Waals surface area contributed by atoms with Crippen LogP contribution in [0.25, 0.3) is 0 Å². The number of primary amides is 1.